The van der Waals surface area contributed by atoms with Crippen molar-refractivity contribution in [1.82, 2.24) is 14.8 Å². The highest BCUT2D eigenvalue weighted by Gasteiger charge is 2.19. The van der Waals surface area contributed by atoms with Crippen LogP contribution in [-0.2, 0) is 7.05 Å². The molecular formula is C15H14F2N4OS. The van der Waals surface area contributed by atoms with E-state index < -0.39 is 12.3 Å². The van der Waals surface area contributed by atoms with Gasteiger partial charge in [-0.3, -0.25) is 14.8 Å². The minimum absolute atomic E-state index is 0.0602. The molecule has 2 heterocycles. The quantitative estimate of drug-likeness (QED) is 0.790. The molecule has 0 bridgehead atoms. The molecule has 0 saturated carbocycles. The van der Waals surface area contributed by atoms with Gasteiger partial charge in [0.25, 0.3) is 12.3 Å². The molecule has 0 aliphatic carbocycles. The Bertz CT molecular complexity index is 900. The summed E-state index contributed by atoms with van der Waals surface area (Å²) in [5, 5.41) is 6.86. The number of hydrogen-bond donors (Lipinski definition) is 1. The monoisotopic (exact) mass is 336 g/mol. The maximum Gasteiger partial charge on any atom is 0.280 e. The number of carbonyl (C=O) groups excluding carboxylic acids is 1. The second-order valence-corrected chi connectivity index (χ2v) is 6.31. The van der Waals surface area contributed by atoms with Crippen molar-refractivity contribution in [3.05, 3.63) is 40.7 Å². The van der Waals surface area contributed by atoms with Crippen LogP contribution in [0.4, 0.5) is 13.9 Å². The lowest BCUT2D eigenvalue weighted by Crippen LogP contribution is -2.12. The summed E-state index contributed by atoms with van der Waals surface area (Å²) in [6.07, 6.45) is -2.68. The van der Waals surface area contributed by atoms with Gasteiger partial charge in [-0.1, -0.05) is 17.4 Å². The van der Waals surface area contributed by atoms with E-state index in [1.54, 1.807) is 0 Å². The van der Waals surface area contributed by atoms with Crippen molar-refractivity contribution in [2.75, 3.05) is 5.32 Å². The van der Waals surface area contributed by atoms with Crippen molar-refractivity contribution in [1.29, 1.82) is 0 Å². The van der Waals surface area contributed by atoms with Crippen LogP contribution >= 0.6 is 11.3 Å². The molecule has 1 N–H and O–H groups in total. The number of halogens is 2. The predicted molar refractivity (Wildman–Crippen MR) is 85.2 cm³/mol. The van der Waals surface area contributed by atoms with Crippen LogP contribution in [0.3, 0.4) is 0 Å². The minimum Gasteiger partial charge on any atom is -0.296 e. The summed E-state index contributed by atoms with van der Waals surface area (Å²) >= 11 is 1.34. The number of anilines is 1. The minimum atomic E-state index is -2.68. The van der Waals surface area contributed by atoms with Gasteiger partial charge in [0.1, 0.15) is 5.69 Å². The second kappa shape index (κ2) is 5.69. The first kappa shape index (κ1) is 15.5. The first-order valence-electron chi connectivity index (χ1n) is 6.86. The second-order valence-electron chi connectivity index (χ2n) is 5.28. The number of aryl methyl sites for hydroxylation is 3. The molecule has 1 amide bonds. The van der Waals surface area contributed by atoms with Crippen LogP contribution < -0.4 is 5.32 Å². The van der Waals surface area contributed by atoms with Crippen molar-refractivity contribution >= 4 is 32.6 Å². The maximum absolute atomic E-state index is 12.8. The zero-order chi connectivity index (χ0) is 16.7. The molecule has 120 valence electrons. The molecule has 3 rings (SSSR count). The number of hydrogen-bond acceptors (Lipinski definition) is 4. The summed E-state index contributed by atoms with van der Waals surface area (Å²) in [5.74, 6) is -0.555. The number of benzene rings is 1. The van der Waals surface area contributed by atoms with Crippen LogP contribution in [0.1, 0.15) is 33.7 Å². The fourth-order valence-electron chi connectivity index (χ4n) is 2.38. The Morgan fingerprint density at radius 2 is 2.04 bits per heavy atom. The molecule has 3 aromatic rings. The van der Waals surface area contributed by atoms with Crippen LogP contribution in [-0.4, -0.2) is 20.7 Å². The Hall–Kier alpha value is -2.35. The van der Waals surface area contributed by atoms with E-state index in [1.165, 1.54) is 18.4 Å². The highest BCUT2D eigenvalue weighted by molar-refractivity contribution is 7.22. The van der Waals surface area contributed by atoms with Crippen molar-refractivity contribution < 1.29 is 13.6 Å². The molecule has 5 nitrogen and oxygen atoms in total. The summed E-state index contributed by atoms with van der Waals surface area (Å²) in [5.41, 5.74) is 2.60. The van der Waals surface area contributed by atoms with Gasteiger partial charge in [-0.25, -0.2) is 13.8 Å². The molecule has 0 atom stereocenters. The van der Waals surface area contributed by atoms with Gasteiger partial charge < -0.3 is 0 Å². The van der Waals surface area contributed by atoms with Crippen molar-refractivity contribution in [3.8, 4) is 0 Å². The number of carbonyl (C=O) groups is 1. The van der Waals surface area contributed by atoms with E-state index in [0.29, 0.717) is 5.13 Å². The Kier molecular flexibility index (Phi) is 3.85. The largest absolute Gasteiger partial charge is 0.296 e. The van der Waals surface area contributed by atoms with Crippen LogP contribution in [0.5, 0.6) is 0 Å². The molecule has 0 aliphatic heterocycles. The first-order chi connectivity index (χ1) is 10.8. The fraction of sp³-hybridized carbons (Fsp3) is 0.267. The SMILES string of the molecule is Cc1cc(C)c2nc(NC(=O)c3cc(C(F)F)n(C)n3)sc2c1. The number of thiazole rings is 1. The molecular weight excluding hydrogens is 322 g/mol. The van der Waals surface area contributed by atoms with Crippen molar-refractivity contribution in [2.24, 2.45) is 7.05 Å². The smallest absolute Gasteiger partial charge is 0.280 e. The summed E-state index contributed by atoms with van der Waals surface area (Å²) in [4.78, 5) is 16.6. The Morgan fingerprint density at radius 1 is 1.30 bits per heavy atom. The number of fused-ring (bicyclic) bond motifs is 1. The Labute approximate surface area is 135 Å². The van der Waals surface area contributed by atoms with Gasteiger partial charge in [0.05, 0.1) is 10.2 Å². The lowest BCUT2D eigenvalue weighted by Gasteiger charge is -1.97. The van der Waals surface area contributed by atoms with E-state index in [0.717, 1.165) is 32.1 Å². The van der Waals surface area contributed by atoms with Gasteiger partial charge >= 0.3 is 0 Å². The molecule has 0 aliphatic rings. The molecule has 8 heteroatoms. The fourth-order valence-corrected chi connectivity index (χ4v) is 3.42. The van der Waals surface area contributed by atoms with E-state index >= 15 is 0 Å². The summed E-state index contributed by atoms with van der Waals surface area (Å²) in [7, 11) is 1.38. The lowest BCUT2D eigenvalue weighted by molar-refractivity contribution is 0.102. The molecule has 23 heavy (non-hydrogen) atoms. The van der Waals surface area contributed by atoms with Crippen LogP contribution in [0.25, 0.3) is 10.2 Å². The van der Waals surface area contributed by atoms with E-state index in [-0.39, 0.29) is 11.4 Å². The third kappa shape index (κ3) is 2.94. The average molecular weight is 336 g/mol. The summed E-state index contributed by atoms with van der Waals surface area (Å²) < 4.78 is 27.5. The molecule has 0 spiro atoms. The highest BCUT2D eigenvalue weighted by atomic mass is 32.1. The zero-order valence-electron chi connectivity index (χ0n) is 12.7. The molecule has 0 saturated heterocycles. The Balaban J connectivity index is 1.88. The van der Waals surface area contributed by atoms with Crippen molar-refractivity contribution in [2.45, 2.75) is 20.3 Å². The third-order valence-electron chi connectivity index (χ3n) is 3.42. The van der Waals surface area contributed by atoms with Gasteiger partial charge in [0, 0.05) is 7.05 Å². The molecule has 0 fully saturated rings. The molecule has 0 radical (unpaired) electrons. The summed E-state index contributed by atoms with van der Waals surface area (Å²) in [6.45, 7) is 3.94. The normalized spacial score (nSPS) is 11.4. The number of nitrogens with zero attached hydrogens (tertiary/aromatic N) is 3. The maximum atomic E-state index is 12.8. The molecule has 0 unspecified atom stereocenters. The van der Waals surface area contributed by atoms with E-state index in [1.807, 2.05) is 26.0 Å². The number of aromatic nitrogens is 3. The predicted octanol–water partition coefficient (Wildman–Crippen LogP) is 3.84. The van der Waals surface area contributed by atoms with Crippen LogP contribution in [0.2, 0.25) is 0 Å². The van der Waals surface area contributed by atoms with Crippen molar-refractivity contribution in [3.63, 3.8) is 0 Å². The van der Waals surface area contributed by atoms with E-state index in [2.05, 4.69) is 15.4 Å². The van der Waals surface area contributed by atoms with Gasteiger partial charge in [-0.2, -0.15) is 5.10 Å². The number of nitrogens with one attached hydrogen (secondary N) is 1. The molecule has 1 aromatic carbocycles. The average Bonchev–Trinajstić information content (AvgIpc) is 3.02. The lowest BCUT2D eigenvalue weighted by atomic mass is 10.1. The van der Waals surface area contributed by atoms with Crippen LogP contribution in [0.15, 0.2) is 18.2 Å². The van der Waals surface area contributed by atoms with E-state index in [4.69, 9.17) is 0 Å². The van der Waals surface area contributed by atoms with Gasteiger partial charge in [0.2, 0.25) is 0 Å². The van der Waals surface area contributed by atoms with Gasteiger partial charge in [-0.05, 0) is 37.1 Å². The standard InChI is InChI=1S/C15H14F2N4OS/c1-7-4-8(2)12-11(5-7)23-15(18-12)19-14(22)9-6-10(13(16)17)21(3)20-9/h4-6,13H,1-3H3,(H,18,19,22). The topological polar surface area (TPSA) is 59.8 Å². The number of alkyl halides is 2. The zero-order valence-corrected chi connectivity index (χ0v) is 13.5. The number of amides is 1. The van der Waals surface area contributed by atoms with Gasteiger partial charge in [0.15, 0.2) is 10.8 Å². The molecule has 2 aromatic heterocycles. The van der Waals surface area contributed by atoms with Crippen LogP contribution in [0, 0.1) is 13.8 Å². The summed E-state index contributed by atoms with van der Waals surface area (Å²) in [6, 6.07) is 5.09. The third-order valence-corrected chi connectivity index (χ3v) is 4.34. The van der Waals surface area contributed by atoms with E-state index in [9.17, 15) is 13.6 Å². The Morgan fingerprint density at radius 3 is 2.70 bits per heavy atom. The highest BCUT2D eigenvalue weighted by Crippen LogP contribution is 2.29. The number of rotatable bonds is 3. The first-order valence-corrected chi connectivity index (χ1v) is 7.68. The van der Waals surface area contributed by atoms with Gasteiger partial charge in [-0.15, -0.1) is 0 Å².